The highest BCUT2D eigenvalue weighted by Gasteiger charge is 2.21. The van der Waals surface area contributed by atoms with Crippen molar-refractivity contribution in [3.8, 4) is 0 Å². The molecule has 0 aromatic rings. The summed E-state index contributed by atoms with van der Waals surface area (Å²) >= 11 is 0. The van der Waals surface area contributed by atoms with Crippen LogP contribution in [0.2, 0.25) is 0 Å². The molecule has 4 nitrogen and oxygen atoms in total. The Hall–Kier alpha value is -1.06. The van der Waals surface area contributed by atoms with Gasteiger partial charge in [-0.05, 0) is 38.0 Å². The first-order valence-corrected chi connectivity index (χ1v) is 6.96. The molecule has 0 aliphatic carbocycles. The lowest BCUT2D eigenvalue weighted by atomic mass is 9.77. The first-order valence-electron chi connectivity index (χ1n) is 6.96. The molecular weight excluding hydrogens is 228 g/mol. The van der Waals surface area contributed by atoms with Gasteiger partial charge in [0.1, 0.15) is 5.84 Å². The summed E-state index contributed by atoms with van der Waals surface area (Å²) in [6, 6.07) is 0. The molecule has 0 saturated carbocycles. The third-order valence-corrected chi connectivity index (χ3v) is 3.36. The van der Waals surface area contributed by atoms with E-state index in [0.717, 1.165) is 12.8 Å². The van der Waals surface area contributed by atoms with E-state index in [0.29, 0.717) is 11.8 Å². The molecule has 4 heteroatoms. The van der Waals surface area contributed by atoms with Crippen molar-refractivity contribution in [1.29, 1.82) is 0 Å². The third-order valence-electron chi connectivity index (χ3n) is 3.36. The Kier molecular flexibility index (Phi) is 8.42. The van der Waals surface area contributed by atoms with Crippen LogP contribution in [-0.4, -0.2) is 17.0 Å². The number of rotatable bonds is 8. The average Bonchev–Trinajstić information content (AvgIpc) is 2.29. The zero-order chi connectivity index (χ0) is 14.0. The van der Waals surface area contributed by atoms with Crippen LogP contribution in [0.4, 0.5) is 0 Å². The number of nitrogens with one attached hydrogen (secondary N) is 1. The highest BCUT2D eigenvalue weighted by molar-refractivity contribution is 5.96. The standard InChI is InChI=1S/C14H28N2O2/c1-5-9-14(4,10-6-2)11-7-8-13(17)15-12(3)16-18/h18H,5-11H2,1-4H3,(H,15,16,17). The molecule has 0 aliphatic rings. The molecule has 0 aromatic carbocycles. The maximum atomic E-state index is 11.5. The van der Waals surface area contributed by atoms with Gasteiger partial charge in [-0.25, -0.2) is 0 Å². The molecule has 106 valence electrons. The Morgan fingerprint density at radius 1 is 1.22 bits per heavy atom. The quantitative estimate of drug-likeness (QED) is 0.301. The largest absolute Gasteiger partial charge is 0.409 e. The van der Waals surface area contributed by atoms with E-state index in [2.05, 4.69) is 31.2 Å². The normalized spacial score (nSPS) is 12.6. The molecule has 0 fully saturated rings. The van der Waals surface area contributed by atoms with E-state index in [1.54, 1.807) is 6.92 Å². The van der Waals surface area contributed by atoms with Crippen LogP contribution in [0.3, 0.4) is 0 Å². The molecule has 0 unspecified atom stereocenters. The number of hydrogen-bond donors (Lipinski definition) is 2. The summed E-state index contributed by atoms with van der Waals surface area (Å²) < 4.78 is 0. The van der Waals surface area contributed by atoms with Gasteiger partial charge in [-0.3, -0.25) is 4.79 Å². The van der Waals surface area contributed by atoms with Gasteiger partial charge < -0.3 is 10.5 Å². The molecule has 0 aromatic heterocycles. The monoisotopic (exact) mass is 256 g/mol. The van der Waals surface area contributed by atoms with Crippen LogP contribution in [0.1, 0.15) is 72.6 Å². The predicted octanol–water partition coefficient (Wildman–Crippen LogP) is 3.69. The number of amidine groups is 1. The molecule has 0 bridgehead atoms. The van der Waals surface area contributed by atoms with E-state index in [4.69, 9.17) is 5.21 Å². The number of oxime groups is 1. The van der Waals surface area contributed by atoms with E-state index in [1.807, 2.05) is 0 Å². The molecule has 2 N–H and O–H groups in total. The van der Waals surface area contributed by atoms with Crippen molar-refractivity contribution in [2.24, 2.45) is 10.6 Å². The minimum absolute atomic E-state index is 0.0688. The highest BCUT2D eigenvalue weighted by Crippen LogP contribution is 2.34. The summed E-state index contributed by atoms with van der Waals surface area (Å²) in [6.45, 7) is 8.30. The van der Waals surface area contributed by atoms with Crippen LogP contribution in [0.15, 0.2) is 5.16 Å². The zero-order valence-corrected chi connectivity index (χ0v) is 12.3. The lowest BCUT2D eigenvalue weighted by Crippen LogP contribution is -2.28. The summed E-state index contributed by atoms with van der Waals surface area (Å²) in [5.74, 6) is 0.186. The van der Waals surface area contributed by atoms with Crippen LogP contribution in [0, 0.1) is 5.41 Å². The second kappa shape index (κ2) is 8.95. The van der Waals surface area contributed by atoms with E-state index in [9.17, 15) is 4.79 Å². The molecule has 0 rings (SSSR count). The molecule has 0 spiro atoms. The van der Waals surface area contributed by atoms with Crippen molar-refractivity contribution in [1.82, 2.24) is 5.32 Å². The van der Waals surface area contributed by atoms with Gasteiger partial charge >= 0.3 is 0 Å². The van der Waals surface area contributed by atoms with Gasteiger partial charge in [-0.1, -0.05) is 38.8 Å². The molecular formula is C14H28N2O2. The van der Waals surface area contributed by atoms with E-state index >= 15 is 0 Å². The molecule has 0 aliphatic heterocycles. The highest BCUT2D eigenvalue weighted by atomic mass is 16.4. The maximum Gasteiger partial charge on any atom is 0.225 e. The number of carbonyl (C=O) groups excluding carboxylic acids is 1. The second-order valence-corrected chi connectivity index (χ2v) is 5.40. The SMILES string of the molecule is CCCC(C)(CCC)CCCC(=O)N/C(C)=N\O. The van der Waals surface area contributed by atoms with Gasteiger partial charge in [0.2, 0.25) is 5.91 Å². The molecule has 1 amide bonds. The van der Waals surface area contributed by atoms with Gasteiger partial charge in [0, 0.05) is 6.42 Å². The fraction of sp³-hybridized carbons (Fsp3) is 0.857. The van der Waals surface area contributed by atoms with Crippen molar-refractivity contribution in [3.05, 3.63) is 0 Å². The van der Waals surface area contributed by atoms with E-state index in [1.165, 1.54) is 25.7 Å². The number of nitrogens with zero attached hydrogens (tertiary/aromatic N) is 1. The molecule has 0 saturated heterocycles. The lowest BCUT2D eigenvalue weighted by molar-refractivity contribution is -0.119. The minimum atomic E-state index is -0.0688. The van der Waals surface area contributed by atoms with Crippen LogP contribution in [-0.2, 0) is 4.79 Å². The Bertz CT molecular complexity index is 269. The second-order valence-electron chi connectivity index (χ2n) is 5.40. The molecule has 0 atom stereocenters. The number of amides is 1. The lowest BCUT2D eigenvalue weighted by Gasteiger charge is -2.29. The Morgan fingerprint density at radius 3 is 2.22 bits per heavy atom. The summed E-state index contributed by atoms with van der Waals surface area (Å²) in [6.07, 6.45) is 7.30. The Morgan fingerprint density at radius 2 is 1.78 bits per heavy atom. The van der Waals surface area contributed by atoms with Gasteiger partial charge in [0.25, 0.3) is 0 Å². The van der Waals surface area contributed by atoms with Crippen LogP contribution >= 0.6 is 0 Å². The van der Waals surface area contributed by atoms with E-state index in [-0.39, 0.29) is 11.7 Å². The van der Waals surface area contributed by atoms with Crippen LogP contribution < -0.4 is 5.32 Å². The summed E-state index contributed by atoms with van der Waals surface area (Å²) in [4.78, 5) is 11.5. The third kappa shape index (κ3) is 7.30. The predicted molar refractivity (Wildman–Crippen MR) is 74.8 cm³/mol. The van der Waals surface area contributed by atoms with E-state index < -0.39 is 0 Å². The molecule has 0 radical (unpaired) electrons. The van der Waals surface area contributed by atoms with Crippen LogP contribution in [0.25, 0.3) is 0 Å². The van der Waals surface area contributed by atoms with Crippen molar-refractivity contribution in [2.75, 3.05) is 0 Å². The van der Waals surface area contributed by atoms with Crippen molar-refractivity contribution in [2.45, 2.75) is 72.6 Å². The van der Waals surface area contributed by atoms with Crippen molar-refractivity contribution < 1.29 is 10.0 Å². The van der Waals surface area contributed by atoms with Crippen molar-refractivity contribution >= 4 is 11.7 Å². The van der Waals surface area contributed by atoms with Crippen LogP contribution in [0.5, 0.6) is 0 Å². The van der Waals surface area contributed by atoms with Gasteiger partial charge in [0.05, 0.1) is 0 Å². The number of carbonyl (C=O) groups is 1. The Balaban J connectivity index is 4.02. The summed E-state index contributed by atoms with van der Waals surface area (Å²) in [5, 5.41) is 13.9. The van der Waals surface area contributed by atoms with Gasteiger partial charge in [-0.2, -0.15) is 0 Å². The van der Waals surface area contributed by atoms with Crippen molar-refractivity contribution in [3.63, 3.8) is 0 Å². The number of hydrogen-bond acceptors (Lipinski definition) is 3. The maximum absolute atomic E-state index is 11.5. The molecule has 18 heavy (non-hydrogen) atoms. The zero-order valence-electron chi connectivity index (χ0n) is 12.3. The smallest absolute Gasteiger partial charge is 0.225 e. The minimum Gasteiger partial charge on any atom is -0.409 e. The first-order chi connectivity index (χ1) is 8.47. The Labute approximate surface area is 111 Å². The summed E-state index contributed by atoms with van der Waals surface area (Å²) in [7, 11) is 0. The fourth-order valence-electron chi connectivity index (χ4n) is 2.55. The average molecular weight is 256 g/mol. The first kappa shape index (κ1) is 16.9. The van der Waals surface area contributed by atoms with Gasteiger partial charge in [-0.15, -0.1) is 0 Å². The summed E-state index contributed by atoms with van der Waals surface area (Å²) in [5.41, 5.74) is 0.365. The molecule has 0 heterocycles. The van der Waals surface area contributed by atoms with Gasteiger partial charge in [0.15, 0.2) is 0 Å². The fourth-order valence-corrected chi connectivity index (χ4v) is 2.55. The topological polar surface area (TPSA) is 61.7 Å².